The Kier molecular flexibility index (Phi) is 6.43. The van der Waals surface area contributed by atoms with Crippen LogP contribution in [0.2, 0.25) is 0 Å². The Morgan fingerprint density at radius 2 is 1.53 bits per heavy atom. The summed E-state index contributed by atoms with van der Waals surface area (Å²) >= 11 is 0. The quantitative estimate of drug-likeness (QED) is 0.182. The predicted octanol–water partition coefficient (Wildman–Crippen LogP) is -2.96. The van der Waals surface area contributed by atoms with E-state index in [2.05, 4.69) is 15.3 Å². The third-order valence-corrected chi connectivity index (χ3v) is 1.36. The summed E-state index contributed by atoms with van der Waals surface area (Å²) in [5.41, 5.74) is 20.4. The van der Waals surface area contributed by atoms with Crippen molar-refractivity contribution >= 4 is 17.8 Å². The molecule has 0 spiro atoms. The number of hydrogen-bond acceptors (Lipinski definition) is 3. The molecule has 9 N–H and O–H groups in total. The van der Waals surface area contributed by atoms with Gasteiger partial charge in [-0.25, -0.2) is 0 Å². The molecule has 0 saturated carbocycles. The van der Waals surface area contributed by atoms with Gasteiger partial charge in [-0.2, -0.15) is 0 Å². The van der Waals surface area contributed by atoms with E-state index in [0.29, 0.717) is 13.1 Å². The van der Waals surface area contributed by atoms with Crippen LogP contribution in [0.3, 0.4) is 0 Å². The van der Waals surface area contributed by atoms with Crippen LogP contribution in [-0.4, -0.2) is 37.5 Å². The lowest BCUT2D eigenvalue weighted by Gasteiger charge is -2.01. The van der Waals surface area contributed by atoms with Crippen LogP contribution in [0, 0.1) is 0 Å². The number of aliphatic imine (C=N–C) groups is 2. The summed E-state index contributed by atoms with van der Waals surface area (Å²) in [5, 5.41) is 2.60. The maximum Gasteiger partial charge on any atom is 0.221 e. The lowest BCUT2D eigenvalue weighted by atomic mass is 10.4. The Bertz CT molecular complexity index is 252. The summed E-state index contributed by atoms with van der Waals surface area (Å²) in [4.78, 5) is 18.5. The fraction of sp³-hybridized carbons (Fsp3) is 0.571. The van der Waals surface area contributed by atoms with Crippen LogP contribution in [0.1, 0.15) is 6.42 Å². The third-order valence-electron chi connectivity index (χ3n) is 1.36. The standard InChI is InChI=1S/C7H17N7O/c8-6(9)13-2-1-5(15)12-3-4-14-7(10)11/h1-4H2,(H,12,15)(H4,8,9,13)(H4,10,11,14). The van der Waals surface area contributed by atoms with Crippen LogP contribution in [-0.2, 0) is 4.79 Å². The summed E-state index contributed by atoms with van der Waals surface area (Å²) < 4.78 is 0. The average molecular weight is 215 g/mol. The van der Waals surface area contributed by atoms with Crippen molar-refractivity contribution in [3.63, 3.8) is 0 Å². The minimum Gasteiger partial charge on any atom is -0.370 e. The highest BCUT2D eigenvalue weighted by atomic mass is 16.1. The van der Waals surface area contributed by atoms with Crippen molar-refractivity contribution < 1.29 is 4.79 Å². The van der Waals surface area contributed by atoms with Crippen molar-refractivity contribution in [2.24, 2.45) is 32.9 Å². The number of hydrogen-bond donors (Lipinski definition) is 5. The van der Waals surface area contributed by atoms with Gasteiger partial charge in [-0.05, 0) is 0 Å². The number of guanidine groups is 2. The van der Waals surface area contributed by atoms with Crippen molar-refractivity contribution in [1.29, 1.82) is 0 Å². The second kappa shape index (κ2) is 7.42. The van der Waals surface area contributed by atoms with Crippen LogP contribution in [0.4, 0.5) is 0 Å². The molecule has 0 aromatic heterocycles. The second-order valence-electron chi connectivity index (χ2n) is 2.71. The summed E-state index contributed by atoms with van der Waals surface area (Å²) in [6, 6.07) is 0. The molecule has 0 bridgehead atoms. The third kappa shape index (κ3) is 9.93. The number of carbonyl (C=O) groups excluding carboxylic acids is 1. The van der Waals surface area contributed by atoms with E-state index in [0.717, 1.165) is 0 Å². The van der Waals surface area contributed by atoms with Gasteiger partial charge in [-0.15, -0.1) is 0 Å². The highest BCUT2D eigenvalue weighted by Crippen LogP contribution is 1.81. The molecule has 8 nitrogen and oxygen atoms in total. The Morgan fingerprint density at radius 3 is 2.07 bits per heavy atom. The van der Waals surface area contributed by atoms with Crippen LogP contribution >= 0.6 is 0 Å². The van der Waals surface area contributed by atoms with Gasteiger partial charge in [0.15, 0.2) is 11.9 Å². The number of nitrogens with one attached hydrogen (secondary N) is 1. The van der Waals surface area contributed by atoms with Gasteiger partial charge in [-0.1, -0.05) is 0 Å². The van der Waals surface area contributed by atoms with E-state index < -0.39 is 0 Å². The lowest BCUT2D eigenvalue weighted by Crippen LogP contribution is -2.29. The molecular formula is C7H17N7O. The molecule has 15 heavy (non-hydrogen) atoms. The summed E-state index contributed by atoms with van der Waals surface area (Å²) in [7, 11) is 0. The number of rotatable bonds is 6. The zero-order chi connectivity index (χ0) is 11.7. The SMILES string of the molecule is NC(N)=NCCNC(=O)CCN=C(N)N. The summed E-state index contributed by atoms with van der Waals surface area (Å²) in [5.74, 6) is -0.168. The molecule has 0 atom stereocenters. The van der Waals surface area contributed by atoms with E-state index in [4.69, 9.17) is 22.9 Å². The molecule has 0 aliphatic rings. The van der Waals surface area contributed by atoms with E-state index >= 15 is 0 Å². The van der Waals surface area contributed by atoms with Crippen LogP contribution in [0.25, 0.3) is 0 Å². The second-order valence-corrected chi connectivity index (χ2v) is 2.71. The zero-order valence-corrected chi connectivity index (χ0v) is 8.44. The van der Waals surface area contributed by atoms with Crippen LogP contribution in [0.5, 0.6) is 0 Å². The Hall–Kier alpha value is -1.99. The molecule has 0 aliphatic heterocycles. The minimum atomic E-state index is -0.147. The van der Waals surface area contributed by atoms with Gasteiger partial charge in [0.05, 0.1) is 13.1 Å². The first-order valence-electron chi connectivity index (χ1n) is 4.40. The van der Waals surface area contributed by atoms with Gasteiger partial charge in [0.2, 0.25) is 5.91 Å². The summed E-state index contributed by atoms with van der Waals surface area (Å²) in [6.07, 6.45) is 0.236. The van der Waals surface area contributed by atoms with Crippen molar-refractivity contribution in [2.75, 3.05) is 19.6 Å². The Balaban J connectivity index is 3.50. The fourth-order valence-corrected chi connectivity index (χ4v) is 0.755. The van der Waals surface area contributed by atoms with Crippen LogP contribution in [0.15, 0.2) is 9.98 Å². The van der Waals surface area contributed by atoms with Crippen molar-refractivity contribution in [3.8, 4) is 0 Å². The largest absolute Gasteiger partial charge is 0.370 e. The van der Waals surface area contributed by atoms with Crippen LogP contribution < -0.4 is 28.3 Å². The predicted molar refractivity (Wildman–Crippen MR) is 59.0 cm³/mol. The number of nitrogens with zero attached hydrogens (tertiary/aromatic N) is 2. The molecule has 0 aliphatic carbocycles. The molecular weight excluding hydrogens is 198 g/mol. The van der Waals surface area contributed by atoms with Gasteiger partial charge in [-0.3, -0.25) is 14.8 Å². The van der Waals surface area contributed by atoms with Crippen molar-refractivity contribution in [2.45, 2.75) is 6.42 Å². The minimum absolute atomic E-state index is 0.00440. The van der Waals surface area contributed by atoms with E-state index in [1.807, 2.05) is 0 Å². The first kappa shape index (κ1) is 13.0. The number of carbonyl (C=O) groups is 1. The molecule has 0 unspecified atom stereocenters. The maximum absolute atomic E-state index is 11.1. The Labute approximate surface area is 87.8 Å². The zero-order valence-electron chi connectivity index (χ0n) is 8.44. The normalized spacial score (nSPS) is 9.07. The number of nitrogens with two attached hydrogens (primary N) is 4. The summed E-state index contributed by atoms with van der Waals surface area (Å²) in [6.45, 7) is 1.02. The molecule has 86 valence electrons. The molecule has 0 aromatic rings. The molecule has 0 rings (SSSR count). The first-order chi connectivity index (χ1) is 7.02. The van der Waals surface area contributed by atoms with E-state index in [1.54, 1.807) is 0 Å². The topological polar surface area (TPSA) is 158 Å². The van der Waals surface area contributed by atoms with Gasteiger partial charge < -0.3 is 28.3 Å². The lowest BCUT2D eigenvalue weighted by molar-refractivity contribution is -0.120. The molecule has 0 aromatic carbocycles. The molecule has 0 heterocycles. The van der Waals surface area contributed by atoms with E-state index in [1.165, 1.54) is 0 Å². The highest BCUT2D eigenvalue weighted by molar-refractivity contribution is 5.78. The monoisotopic (exact) mass is 215 g/mol. The number of amides is 1. The van der Waals surface area contributed by atoms with Crippen molar-refractivity contribution in [1.82, 2.24) is 5.32 Å². The Morgan fingerprint density at radius 1 is 1.00 bits per heavy atom. The molecule has 0 saturated heterocycles. The average Bonchev–Trinajstić information content (AvgIpc) is 2.11. The molecule has 8 heteroatoms. The van der Waals surface area contributed by atoms with Gasteiger partial charge in [0.1, 0.15) is 0 Å². The molecule has 0 radical (unpaired) electrons. The maximum atomic E-state index is 11.1. The van der Waals surface area contributed by atoms with Gasteiger partial charge in [0, 0.05) is 13.0 Å². The van der Waals surface area contributed by atoms with Crippen molar-refractivity contribution in [3.05, 3.63) is 0 Å². The fourth-order valence-electron chi connectivity index (χ4n) is 0.755. The van der Waals surface area contributed by atoms with Gasteiger partial charge in [0.25, 0.3) is 0 Å². The van der Waals surface area contributed by atoms with E-state index in [-0.39, 0.29) is 30.8 Å². The highest BCUT2D eigenvalue weighted by Gasteiger charge is 1.98. The molecule has 0 fully saturated rings. The smallest absolute Gasteiger partial charge is 0.221 e. The first-order valence-corrected chi connectivity index (χ1v) is 4.40. The van der Waals surface area contributed by atoms with Gasteiger partial charge >= 0.3 is 0 Å². The van der Waals surface area contributed by atoms with E-state index in [9.17, 15) is 4.79 Å². The molecule has 1 amide bonds.